The van der Waals surface area contributed by atoms with Crippen molar-refractivity contribution >= 4 is 23.4 Å². The van der Waals surface area contributed by atoms with Crippen molar-refractivity contribution in [1.82, 2.24) is 20.0 Å². The van der Waals surface area contributed by atoms with E-state index in [9.17, 15) is 9.59 Å². The number of halogens is 1. The molecule has 30 heavy (non-hydrogen) atoms. The highest BCUT2D eigenvalue weighted by Gasteiger charge is 2.33. The molecule has 4 rings (SSSR count). The van der Waals surface area contributed by atoms with Gasteiger partial charge in [0.25, 0.3) is 0 Å². The number of hydrogen-bond donors (Lipinski definition) is 1. The first-order valence-corrected chi connectivity index (χ1v) is 10.4. The number of nitrogens with one attached hydrogen (secondary N) is 1. The quantitative estimate of drug-likeness (QED) is 0.635. The molecule has 1 saturated heterocycles. The zero-order valence-electron chi connectivity index (χ0n) is 16.5. The summed E-state index contributed by atoms with van der Waals surface area (Å²) in [4.78, 5) is 26.6. The van der Waals surface area contributed by atoms with Crippen LogP contribution in [0, 0.1) is 5.92 Å². The van der Waals surface area contributed by atoms with Crippen LogP contribution in [-0.4, -0.2) is 39.6 Å². The Hall–Kier alpha value is -3.12. The third kappa shape index (κ3) is 4.89. The van der Waals surface area contributed by atoms with Crippen molar-refractivity contribution in [2.24, 2.45) is 5.92 Å². The molecule has 1 atom stereocenters. The van der Waals surface area contributed by atoms with Crippen LogP contribution in [0.15, 0.2) is 67.0 Å². The van der Waals surface area contributed by atoms with Crippen LogP contribution in [0.5, 0.6) is 0 Å². The second-order valence-corrected chi connectivity index (χ2v) is 7.90. The summed E-state index contributed by atoms with van der Waals surface area (Å²) in [5.41, 5.74) is 2.98. The second-order valence-electron chi connectivity index (χ2n) is 7.46. The molecule has 1 fully saturated rings. The van der Waals surface area contributed by atoms with E-state index >= 15 is 0 Å². The van der Waals surface area contributed by atoms with Gasteiger partial charge < -0.3 is 10.2 Å². The first kappa shape index (κ1) is 20.2. The minimum absolute atomic E-state index is 0.0432. The average molecular weight is 423 g/mol. The average Bonchev–Trinajstić information content (AvgIpc) is 3.38. The molecule has 7 heteroatoms. The molecular weight excluding hydrogens is 400 g/mol. The van der Waals surface area contributed by atoms with Gasteiger partial charge >= 0.3 is 0 Å². The molecule has 0 radical (unpaired) electrons. The summed E-state index contributed by atoms with van der Waals surface area (Å²) in [6.07, 6.45) is 4.66. The lowest BCUT2D eigenvalue weighted by atomic mass is 10.1. The van der Waals surface area contributed by atoms with E-state index in [0.717, 1.165) is 17.7 Å². The van der Waals surface area contributed by atoms with Crippen molar-refractivity contribution in [2.75, 3.05) is 13.1 Å². The molecule has 3 aromatic rings. The van der Waals surface area contributed by atoms with Crippen LogP contribution >= 0.6 is 11.6 Å². The van der Waals surface area contributed by atoms with Gasteiger partial charge in [0.15, 0.2) is 0 Å². The molecule has 1 N–H and O–H groups in total. The van der Waals surface area contributed by atoms with Crippen molar-refractivity contribution in [2.45, 2.75) is 19.4 Å². The van der Waals surface area contributed by atoms with E-state index in [4.69, 9.17) is 11.6 Å². The lowest BCUT2D eigenvalue weighted by Gasteiger charge is -2.16. The summed E-state index contributed by atoms with van der Waals surface area (Å²) >= 11 is 5.92. The van der Waals surface area contributed by atoms with Gasteiger partial charge in [-0.3, -0.25) is 9.59 Å². The highest BCUT2D eigenvalue weighted by atomic mass is 35.5. The van der Waals surface area contributed by atoms with E-state index in [2.05, 4.69) is 22.5 Å². The Morgan fingerprint density at radius 3 is 2.63 bits per heavy atom. The topological polar surface area (TPSA) is 67.2 Å². The Bertz CT molecular complexity index is 1020. The van der Waals surface area contributed by atoms with Gasteiger partial charge in [-0.2, -0.15) is 5.10 Å². The molecule has 0 bridgehead atoms. The highest BCUT2D eigenvalue weighted by molar-refractivity contribution is 6.30. The maximum absolute atomic E-state index is 12.6. The summed E-state index contributed by atoms with van der Waals surface area (Å²) in [5.74, 6) is -0.356. The van der Waals surface area contributed by atoms with Crippen molar-refractivity contribution in [1.29, 1.82) is 0 Å². The zero-order valence-corrected chi connectivity index (χ0v) is 17.3. The molecule has 154 valence electrons. The van der Waals surface area contributed by atoms with Crippen LogP contribution in [0.1, 0.15) is 17.5 Å². The summed E-state index contributed by atoms with van der Waals surface area (Å²) in [7, 11) is 0. The lowest BCUT2D eigenvalue weighted by Crippen LogP contribution is -2.33. The molecule has 2 amide bonds. The molecule has 1 aliphatic heterocycles. The summed E-state index contributed by atoms with van der Waals surface area (Å²) < 4.78 is 1.74. The van der Waals surface area contributed by atoms with E-state index < -0.39 is 0 Å². The molecule has 2 aromatic carbocycles. The third-order valence-electron chi connectivity index (χ3n) is 5.29. The number of likely N-dealkylation sites (tertiary alicyclic amines) is 1. The highest BCUT2D eigenvalue weighted by Crippen LogP contribution is 2.19. The van der Waals surface area contributed by atoms with Gasteiger partial charge in [0.1, 0.15) is 0 Å². The third-order valence-corrected chi connectivity index (χ3v) is 5.54. The first-order valence-electron chi connectivity index (χ1n) is 9.97. The van der Waals surface area contributed by atoms with Crippen molar-refractivity contribution in [3.63, 3.8) is 0 Å². The van der Waals surface area contributed by atoms with Gasteiger partial charge in [0, 0.05) is 42.8 Å². The Balaban J connectivity index is 1.27. The number of rotatable bonds is 7. The van der Waals surface area contributed by atoms with Crippen LogP contribution in [-0.2, 0) is 22.6 Å². The van der Waals surface area contributed by atoms with Gasteiger partial charge in [-0.15, -0.1) is 0 Å². The van der Waals surface area contributed by atoms with Crippen LogP contribution < -0.4 is 5.32 Å². The van der Waals surface area contributed by atoms with E-state index in [1.165, 1.54) is 5.56 Å². The number of nitrogens with zero attached hydrogens (tertiary/aromatic N) is 3. The van der Waals surface area contributed by atoms with Crippen LogP contribution in [0.2, 0.25) is 5.02 Å². The minimum atomic E-state index is -0.306. The van der Waals surface area contributed by atoms with Crippen LogP contribution in [0.4, 0.5) is 0 Å². The number of aromatic nitrogens is 2. The molecule has 0 spiro atoms. The van der Waals surface area contributed by atoms with Crippen molar-refractivity contribution < 1.29 is 9.59 Å². The number of carbonyl (C=O) groups is 2. The van der Waals surface area contributed by atoms with E-state index in [-0.39, 0.29) is 24.2 Å². The fraction of sp³-hybridized carbons (Fsp3) is 0.261. The second kappa shape index (κ2) is 9.13. The molecule has 2 heterocycles. The fourth-order valence-corrected chi connectivity index (χ4v) is 3.72. The van der Waals surface area contributed by atoms with E-state index in [0.29, 0.717) is 24.7 Å². The molecule has 0 saturated carbocycles. The van der Waals surface area contributed by atoms with Gasteiger partial charge in [0.2, 0.25) is 11.8 Å². The van der Waals surface area contributed by atoms with Gasteiger partial charge in [-0.25, -0.2) is 4.68 Å². The van der Waals surface area contributed by atoms with Crippen molar-refractivity contribution in [3.05, 3.63) is 83.1 Å². The fourth-order valence-electron chi connectivity index (χ4n) is 3.59. The summed E-state index contributed by atoms with van der Waals surface area (Å²) in [5, 5.41) is 7.94. The lowest BCUT2D eigenvalue weighted by molar-refractivity contribution is -0.129. The SMILES string of the molecule is O=C(NCc1cnn(-c2ccc(Cl)cc2)c1)C1CC(=O)N(CCc2ccccc2)C1. The van der Waals surface area contributed by atoms with Gasteiger partial charge in [-0.05, 0) is 36.2 Å². The van der Waals surface area contributed by atoms with Gasteiger partial charge in [0.05, 0.1) is 17.8 Å². The Morgan fingerprint density at radius 1 is 1.10 bits per heavy atom. The van der Waals surface area contributed by atoms with Crippen molar-refractivity contribution in [3.8, 4) is 5.69 Å². The number of hydrogen-bond acceptors (Lipinski definition) is 3. The summed E-state index contributed by atoms with van der Waals surface area (Å²) in [6, 6.07) is 17.4. The largest absolute Gasteiger partial charge is 0.352 e. The summed E-state index contributed by atoms with van der Waals surface area (Å²) in [6.45, 7) is 1.49. The monoisotopic (exact) mass is 422 g/mol. The normalized spacial score (nSPS) is 16.1. The maximum atomic E-state index is 12.6. The smallest absolute Gasteiger partial charge is 0.225 e. The van der Waals surface area contributed by atoms with Crippen LogP contribution in [0.25, 0.3) is 5.69 Å². The van der Waals surface area contributed by atoms with Crippen LogP contribution in [0.3, 0.4) is 0 Å². The molecule has 1 aliphatic rings. The molecule has 0 aliphatic carbocycles. The maximum Gasteiger partial charge on any atom is 0.225 e. The molecular formula is C23H23ClN4O2. The number of amides is 2. The Morgan fingerprint density at radius 2 is 1.87 bits per heavy atom. The molecule has 6 nitrogen and oxygen atoms in total. The Kier molecular flexibility index (Phi) is 6.14. The standard InChI is InChI=1S/C23H23ClN4O2/c24-20-6-8-21(9-7-20)28-15-18(14-26-28)13-25-23(30)19-12-22(29)27(16-19)11-10-17-4-2-1-3-5-17/h1-9,14-15,19H,10-13,16H2,(H,25,30). The predicted octanol–water partition coefficient (Wildman–Crippen LogP) is 3.23. The molecule has 1 aromatic heterocycles. The zero-order chi connectivity index (χ0) is 20.9. The Labute approximate surface area is 180 Å². The van der Waals surface area contributed by atoms with E-state index in [1.807, 2.05) is 36.5 Å². The predicted molar refractivity (Wildman–Crippen MR) is 115 cm³/mol. The molecule has 1 unspecified atom stereocenters. The van der Waals surface area contributed by atoms with E-state index in [1.54, 1.807) is 27.9 Å². The number of benzene rings is 2. The van der Waals surface area contributed by atoms with Gasteiger partial charge in [-0.1, -0.05) is 41.9 Å². The number of carbonyl (C=O) groups excluding carboxylic acids is 2. The first-order chi connectivity index (χ1) is 14.6. The minimum Gasteiger partial charge on any atom is -0.352 e.